The van der Waals surface area contributed by atoms with Gasteiger partial charge in [0.15, 0.2) is 0 Å². The molecule has 2 aromatic carbocycles. The zero-order valence-electron chi connectivity index (χ0n) is 14.9. The zero-order chi connectivity index (χ0) is 18.6. The van der Waals surface area contributed by atoms with Crippen molar-refractivity contribution in [3.05, 3.63) is 63.7 Å². The molecule has 132 valence electrons. The minimum atomic E-state index is -0.480. The van der Waals surface area contributed by atoms with Crippen LogP contribution in [-0.2, 0) is 0 Å². The van der Waals surface area contributed by atoms with Crippen LogP contribution in [0.2, 0.25) is 0 Å². The Morgan fingerprint density at radius 3 is 2.36 bits per heavy atom. The number of amides is 1. The van der Waals surface area contributed by atoms with Crippen molar-refractivity contribution in [1.82, 2.24) is 0 Å². The average Bonchev–Trinajstić information content (AvgIpc) is 2.56. The predicted molar refractivity (Wildman–Crippen MR) is 100 cm³/mol. The molecule has 0 aliphatic heterocycles. The van der Waals surface area contributed by atoms with Crippen molar-refractivity contribution in [1.29, 1.82) is 0 Å². The highest BCUT2D eigenvalue weighted by Gasteiger charge is 2.18. The van der Waals surface area contributed by atoms with E-state index in [2.05, 4.69) is 31.0 Å². The van der Waals surface area contributed by atoms with Gasteiger partial charge in [0.1, 0.15) is 0 Å². The van der Waals surface area contributed by atoms with Gasteiger partial charge < -0.3 is 10.2 Å². The van der Waals surface area contributed by atoms with Gasteiger partial charge in [0.25, 0.3) is 11.6 Å². The number of carbonyl (C=O) groups excluding carboxylic acids is 1. The first-order valence-electron chi connectivity index (χ1n) is 8.27. The largest absolute Gasteiger partial charge is 0.369 e. The molecule has 0 heterocycles. The summed E-state index contributed by atoms with van der Waals surface area (Å²) in [7, 11) is 0. The maximum absolute atomic E-state index is 12.4. The molecule has 0 spiro atoms. The number of nitrogens with one attached hydrogen (secondary N) is 1. The summed E-state index contributed by atoms with van der Waals surface area (Å²) in [5.74, 6) is -0.356. The van der Waals surface area contributed by atoms with Crippen LogP contribution in [0.4, 0.5) is 17.1 Å². The Labute approximate surface area is 147 Å². The Morgan fingerprint density at radius 2 is 1.84 bits per heavy atom. The lowest BCUT2D eigenvalue weighted by Gasteiger charge is -2.27. The average molecular weight is 341 g/mol. The van der Waals surface area contributed by atoms with Gasteiger partial charge in [0, 0.05) is 41.2 Å². The summed E-state index contributed by atoms with van der Waals surface area (Å²) >= 11 is 0. The van der Waals surface area contributed by atoms with Crippen LogP contribution in [0.15, 0.2) is 42.5 Å². The Hall–Kier alpha value is -2.89. The van der Waals surface area contributed by atoms with Crippen molar-refractivity contribution in [2.45, 2.75) is 33.7 Å². The Bertz CT molecular complexity index is 770. The first-order valence-corrected chi connectivity index (χ1v) is 8.27. The lowest BCUT2D eigenvalue weighted by molar-refractivity contribution is -0.385. The highest BCUT2D eigenvalue weighted by molar-refractivity contribution is 6.05. The highest BCUT2D eigenvalue weighted by Crippen LogP contribution is 2.23. The van der Waals surface area contributed by atoms with E-state index in [1.165, 1.54) is 12.1 Å². The van der Waals surface area contributed by atoms with Crippen molar-refractivity contribution in [3.8, 4) is 0 Å². The van der Waals surface area contributed by atoms with Crippen molar-refractivity contribution in [2.75, 3.05) is 16.8 Å². The van der Waals surface area contributed by atoms with Gasteiger partial charge in [-0.15, -0.1) is 0 Å². The van der Waals surface area contributed by atoms with Crippen LogP contribution in [0, 0.1) is 17.0 Å². The maximum Gasteiger partial charge on any atom is 0.273 e. The van der Waals surface area contributed by atoms with Gasteiger partial charge in [0.05, 0.1) is 4.92 Å². The summed E-state index contributed by atoms with van der Waals surface area (Å²) in [6.45, 7) is 8.84. The van der Waals surface area contributed by atoms with Gasteiger partial charge in [-0.3, -0.25) is 14.9 Å². The fraction of sp³-hybridized carbons (Fsp3) is 0.316. The first-order chi connectivity index (χ1) is 11.8. The van der Waals surface area contributed by atoms with Crippen LogP contribution in [-0.4, -0.2) is 23.4 Å². The van der Waals surface area contributed by atoms with Crippen molar-refractivity contribution in [3.63, 3.8) is 0 Å². The number of anilines is 2. The number of carbonyl (C=O) groups is 1. The molecule has 2 rings (SSSR count). The third-order valence-corrected chi connectivity index (χ3v) is 4.17. The second-order valence-corrected chi connectivity index (χ2v) is 6.09. The number of rotatable bonds is 6. The number of hydrogen-bond donors (Lipinski definition) is 1. The van der Waals surface area contributed by atoms with Crippen LogP contribution in [0.1, 0.15) is 36.7 Å². The van der Waals surface area contributed by atoms with Crippen LogP contribution >= 0.6 is 0 Å². The summed E-state index contributed by atoms with van der Waals surface area (Å²) in [6.07, 6.45) is 0. The molecule has 0 unspecified atom stereocenters. The van der Waals surface area contributed by atoms with Gasteiger partial charge in [-0.25, -0.2) is 0 Å². The van der Waals surface area contributed by atoms with E-state index in [0.717, 1.165) is 12.2 Å². The van der Waals surface area contributed by atoms with Gasteiger partial charge in [-0.05, 0) is 58.0 Å². The van der Waals surface area contributed by atoms with Crippen molar-refractivity contribution < 1.29 is 9.72 Å². The molecular formula is C19H23N3O3. The normalized spacial score (nSPS) is 10.6. The second kappa shape index (κ2) is 7.79. The molecule has 0 saturated carbocycles. The maximum atomic E-state index is 12.4. The number of nitro benzene ring substituents is 1. The molecule has 0 atom stereocenters. The van der Waals surface area contributed by atoms with E-state index in [1.54, 1.807) is 13.0 Å². The molecule has 6 nitrogen and oxygen atoms in total. The van der Waals surface area contributed by atoms with E-state index >= 15 is 0 Å². The van der Waals surface area contributed by atoms with Crippen LogP contribution in [0.25, 0.3) is 0 Å². The van der Waals surface area contributed by atoms with E-state index < -0.39 is 4.92 Å². The summed E-state index contributed by atoms with van der Waals surface area (Å²) < 4.78 is 0. The lowest BCUT2D eigenvalue weighted by Crippen LogP contribution is -2.30. The third-order valence-electron chi connectivity index (χ3n) is 4.17. The molecule has 0 aliphatic carbocycles. The Morgan fingerprint density at radius 1 is 1.20 bits per heavy atom. The number of benzene rings is 2. The number of nitro groups is 1. The molecule has 25 heavy (non-hydrogen) atoms. The fourth-order valence-corrected chi connectivity index (χ4v) is 2.85. The van der Waals surface area contributed by atoms with Crippen molar-refractivity contribution in [2.24, 2.45) is 0 Å². The van der Waals surface area contributed by atoms with Crippen LogP contribution in [0.3, 0.4) is 0 Å². The minimum absolute atomic E-state index is 0.0569. The molecular weight excluding hydrogens is 318 g/mol. The smallest absolute Gasteiger partial charge is 0.273 e. The summed E-state index contributed by atoms with van der Waals surface area (Å²) in [5.41, 5.74) is 2.34. The van der Waals surface area contributed by atoms with Crippen LogP contribution in [0.5, 0.6) is 0 Å². The summed E-state index contributed by atoms with van der Waals surface area (Å²) in [6, 6.07) is 12.5. The van der Waals surface area contributed by atoms with Gasteiger partial charge in [-0.1, -0.05) is 6.07 Å². The first kappa shape index (κ1) is 18.4. The zero-order valence-corrected chi connectivity index (χ0v) is 14.9. The molecule has 6 heteroatoms. The lowest BCUT2D eigenvalue weighted by atomic mass is 10.1. The van der Waals surface area contributed by atoms with E-state index in [4.69, 9.17) is 0 Å². The SMILES string of the molecule is CCN(c1ccc(NC(=O)c2cccc([N+](=O)[O-])c2C)cc1)C(C)C. The molecule has 0 bridgehead atoms. The molecule has 0 radical (unpaired) electrons. The topological polar surface area (TPSA) is 75.5 Å². The summed E-state index contributed by atoms with van der Waals surface area (Å²) in [5, 5.41) is 13.8. The fourth-order valence-electron chi connectivity index (χ4n) is 2.85. The molecule has 0 aromatic heterocycles. The number of hydrogen-bond acceptors (Lipinski definition) is 4. The third kappa shape index (κ3) is 4.15. The van der Waals surface area contributed by atoms with E-state index in [0.29, 0.717) is 22.9 Å². The quantitative estimate of drug-likeness (QED) is 0.624. The predicted octanol–water partition coefficient (Wildman–Crippen LogP) is 4.39. The Kier molecular flexibility index (Phi) is 5.75. The monoisotopic (exact) mass is 341 g/mol. The van der Waals surface area contributed by atoms with E-state index in [-0.39, 0.29) is 11.6 Å². The standard InChI is InChI=1S/C19H23N3O3/c1-5-21(13(2)3)16-11-9-15(10-12-16)20-19(23)17-7-6-8-18(14(17)4)22(24)25/h6-13H,5H2,1-4H3,(H,20,23). The summed E-state index contributed by atoms with van der Waals surface area (Å²) in [4.78, 5) is 25.2. The molecule has 0 aliphatic rings. The van der Waals surface area contributed by atoms with E-state index in [9.17, 15) is 14.9 Å². The van der Waals surface area contributed by atoms with Gasteiger partial charge in [-0.2, -0.15) is 0 Å². The van der Waals surface area contributed by atoms with Gasteiger partial charge in [0.2, 0.25) is 0 Å². The number of nitrogens with zero attached hydrogens (tertiary/aromatic N) is 2. The Balaban J connectivity index is 2.19. The van der Waals surface area contributed by atoms with Crippen LogP contribution < -0.4 is 10.2 Å². The minimum Gasteiger partial charge on any atom is -0.369 e. The van der Waals surface area contributed by atoms with Gasteiger partial charge >= 0.3 is 0 Å². The van der Waals surface area contributed by atoms with Crippen molar-refractivity contribution >= 4 is 23.0 Å². The molecule has 0 saturated heterocycles. The highest BCUT2D eigenvalue weighted by atomic mass is 16.6. The molecule has 2 aromatic rings. The molecule has 1 amide bonds. The molecule has 0 fully saturated rings. The molecule has 1 N–H and O–H groups in total. The van der Waals surface area contributed by atoms with E-state index in [1.807, 2.05) is 24.3 Å². The second-order valence-electron chi connectivity index (χ2n) is 6.09.